The van der Waals surface area contributed by atoms with Crippen molar-refractivity contribution in [3.05, 3.63) is 87.3 Å². The average Bonchev–Trinajstić information content (AvgIpc) is 2.99. The van der Waals surface area contributed by atoms with Gasteiger partial charge in [-0.05, 0) is 56.2 Å². The second-order valence-corrected chi connectivity index (χ2v) is 6.92. The van der Waals surface area contributed by atoms with Crippen molar-refractivity contribution in [1.82, 2.24) is 14.8 Å². The maximum Gasteiger partial charge on any atom is 0.261 e. The van der Waals surface area contributed by atoms with Crippen LogP contribution in [0.25, 0.3) is 16.7 Å². The van der Waals surface area contributed by atoms with E-state index in [-0.39, 0.29) is 11.0 Å². The Morgan fingerprint density at radius 1 is 1.04 bits per heavy atom. The minimum absolute atomic E-state index is 0.0578. The van der Waals surface area contributed by atoms with Gasteiger partial charge in [0.15, 0.2) is 0 Å². The third-order valence-electron chi connectivity index (χ3n) is 4.61. The van der Waals surface area contributed by atoms with Gasteiger partial charge in [0.25, 0.3) is 5.91 Å². The quantitative estimate of drug-likeness (QED) is 0.572. The zero-order valence-corrected chi connectivity index (χ0v) is 15.9. The van der Waals surface area contributed by atoms with Gasteiger partial charge >= 0.3 is 0 Å². The number of aromatic amines is 1. The van der Waals surface area contributed by atoms with Gasteiger partial charge in [-0.15, -0.1) is 0 Å². The highest BCUT2D eigenvalue weighted by molar-refractivity contribution is 6.05. The number of pyridine rings is 1. The van der Waals surface area contributed by atoms with E-state index in [2.05, 4.69) is 15.4 Å². The van der Waals surface area contributed by atoms with Gasteiger partial charge in [-0.1, -0.05) is 24.3 Å². The molecule has 6 heteroatoms. The average molecular weight is 372 g/mol. The standard InChI is InChI=1S/C22H20N4O2/c1-13-9-14(2)11-16(10-13)24-22(28)18-12-23-21-19(20(18)27)15(3)25-26(21)17-7-5-4-6-8-17/h4-12H,1-3H3,(H,23,27)(H,24,28). The van der Waals surface area contributed by atoms with Gasteiger partial charge in [-0.2, -0.15) is 5.10 Å². The van der Waals surface area contributed by atoms with E-state index in [1.54, 1.807) is 11.6 Å². The van der Waals surface area contributed by atoms with Crippen LogP contribution in [0.4, 0.5) is 5.69 Å². The maximum absolute atomic E-state index is 13.0. The van der Waals surface area contributed by atoms with Crippen LogP contribution in [0.1, 0.15) is 27.2 Å². The Balaban J connectivity index is 1.77. The number of benzene rings is 2. The highest BCUT2D eigenvalue weighted by Crippen LogP contribution is 2.19. The van der Waals surface area contributed by atoms with E-state index < -0.39 is 5.91 Å². The summed E-state index contributed by atoms with van der Waals surface area (Å²) >= 11 is 0. The van der Waals surface area contributed by atoms with E-state index in [1.165, 1.54) is 6.20 Å². The minimum atomic E-state index is -0.444. The monoisotopic (exact) mass is 372 g/mol. The van der Waals surface area contributed by atoms with Crippen molar-refractivity contribution >= 4 is 22.6 Å². The number of carbonyl (C=O) groups excluding carboxylic acids is 1. The summed E-state index contributed by atoms with van der Waals surface area (Å²) in [5.41, 5.74) is 4.44. The van der Waals surface area contributed by atoms with E-state index in [1.807, 2.05) is 62.4 Å². The normalized spacial score (nSPS) is 11.0. The topological polar surface area (TPSA) is 79.8 Å². The molecule has 2 N–H and O–H groups in total. The lowest BCUT2D eigenvalue weighted by molar-refractivity contribution is 0.102. The molecule has 0 aliphatic carbocycles. The number of nitrogens with one attached hydrogen (secondary N) is 2. The SMILES string of the molecule is Cc1cc(C)cc(NC(=O)c2c[nH]c3c(c(C)nn3-c3ccccc3)c2=O)c1. The summed E-state index contributed by atoms with van der Waals surface area (Å²) in [6.45, 7) is 5.69. The van der Waals surface area contributed by atoms with Crippen LogP contribution in [-0.2, 0) is 0 Å². The maximum atomic E-state index is 13.0. The van der Waals surface area contributed by atoms with Gasteiger partial charge in [0, 0.05) is 11.9 Å². The molecule has 0 atom stereocenters. The first kappa shape index (κ1) is 17.7. The predicted octanol–water partition coefficient (Wildman–Crippen LogP) is 3.89. The lowest BCUT2D eigenvalue weighted by Crippen LogP contribution is -2.22. The summed E-state index contributed by atoms with van der Waals surface area (Å²) in [4.78, 5) is 28.8. The first-order valence-corrected chi connectivity index (χ1v) is 9.00. The number of carbonyl (C=O) groups is 1. The molecule has 2 aromatic carbocycles. The van der Waals surface area contributed by atoms with Crippen LogP contribution in [0.15, 0.2) is 59.5 Å². The van der Waals surface area contributed by atoms with Crippen molar-refractivity contribution < 1.29 is 4.79 Å². The Labute approximate surface area is 161 Å². The van der Waals surface area contributed by atoms with E-state index in [4.69, 9.17) is 0 Å². The lowest BCUT2D eigenvalue weighted by atomic mass is 10.1. The molecule has 0 bridgehead atoms. The molecule has 4 rings (SSSR count). The number of hydrogen-bond donors (Lipinski definition) is 2. The molecule has 0 saturated carbocycles. The van der Waals surface area contributed by atoms with Crippen LogP contribution in [-0.4, -0.2) is 20.7 Å². The number of anilines is 1. The van der Waals surface area contributed by atoms with Gasteiger partial charge in [-0.25, -0.2) is 4.68 Å². The van der Waals surface area contributed by atoms with E-state index in [9.17, 15) is 9.59 Å². The molecule has 0 aliphatic rings. The molecule has 0 spiro atoms. The molecular formula is C22H20N4O2. The van der Waals surface area contributed by atoms with Gasteiger partial charge in [0.1, 0.15) is 11.2 Å². The Morgan fingerprint density at radius 2 is 1.71 bits per heavy atom. The number of para-hydroxylation sites is 1. The highest BCUT2D eigenvalue weighted by Gasteiger charge is 2.19. The molecule has 1 amide bonds. The van der Waals surface area contributed by atoms with Gasteiger partial charge in [0.05, 0.1) is 16.8 Å². The molecule has 2 heterocycles. The molecule has 28 heavy (non-hydrogen) atoms. The second-order valence-electron chi connectivity index (χ2n) is 6.92. The summed E-state index contributed by atoms with van der Waals surface area (Å²) in [7, 11) is 0. The Morgan fingerprint density at radius 3 is 2.39 bits per heavy atom. The number of H-pyrrole nitrogens is 1. The van der Waals surface area contributed by atoms with Crippen LogP contribution in [0.5, 0.6) is 0 Å². The number of fused-ring (bicyclic) bond motifs is 1. The first-order chi connectivity index (χ1) is 13.4. The number of amides is 1. The highest BCUT2D eigenvalue weighted by atomic mass is 16.2. The molecule has 0 radical (unpaired) electrons. The number of aryl methyl sites for hydroxylation is 3. The molecular weight excluding hydrogens is 352 g/mol. The fourth-order valence-electron chi connectivity index (χ4n) is 3.44. The van der Waals surface area contributed by atoms with Crippen LogP contribution >= 0.6 is 0 Å². The van der Waals surface area contributed by atoms with Crippen molar-refractivity contribution in [3.8, 4) is 5.69 Å². The molecule has 4 aromatic rings. The lowest BCUT2D eigenvalue weighted by Gasteiger charge is -2.08. The Kier molecular flexibility index (Phi) is 4.31. The van der Waals surface area contributed by atoms with Crippen molar-refractivity contribution in [2.75, 3.05) is 5.32 Å². The first-order valence-electron chi connectivity index (χ1n) is 9.00. The number of rotatable bonds is 3. The fourth-order valence-corrected chi connectivity index (χ4v) is 3.44. The molecule has 0 saturated heterocycles. The third kappa shape index (κ3) is 3.09. The van der Waals surface area contributed by atoms with Crippen LogP contribution in [0, 0.1) is 20.8 Å². The van der Waals surface area contributed by atoms with Crippen molar-refractivity contribution in [3.63, 3.8) is 0 Å². The largest absolute Gasteiger partial charge is 0.345 e. The molecule has 0 fully saturated rings. The van der Waals surface area contributed by atoms with Crippen molar-refractivity contribution in [1.29, 1.82) is 0 Å². The van der Waals surface area contributed by atoms with Crippen molar-refractivity contribution in [2.24, 2.45) is 0 Å². The Hall–Kier alpha value is -3.67. The fraction of sp³-hybridized carbons (Fsp3) is 0.136. The molecule has 2 aromatic heterocycles. The second kappa shape index (κ2) is 6.81. The smallest absolute Gasteiger partial charge is 0.261 e. The van der Waals surface area contributed by atoms with Crippen LogP contribution < -0.4 is 10.7 Å². The van der Waals surface area contributed by atoms with Crippen LogP contribution in [0.2, 0.25) is 0 Å². The molecule has 140 valence electrons. The van der Waals surface area contributed by atoms with E-state index >= 15 is 0 Å². The molecule has 0 aliphatic heterocycles. The summed E-state index contributed by atoms with van der Waals surface area (Å²) in [5.74, 6) is -0.444. The number of aromatic nitrogens is 3. The van der Waals surface area contributed by atoms with Gasteiger partial charge in [-0.3, -0.25) is 9.59 Å². The zero-order chi connectivity index (χ0) is 19.8. The molecule has 6 nitrogen and oxygen atoms in total. The third-order valence-corrected chi connectivity index (χ3v) is 4.61. The number of nitrogens with zero attached hydrogens (tertiary/aromatic N) is 2. The van der Waals surface area contributed by atoms with Gasteiger partial charge in [0.2, 0.25) is 5.43 Å². The summed E-state index contributed by atoms with van der Waals surface area (Å²) < 4.78 is 1.68. The van der Waals surface area contributed by atoms with E-state index in [0.717, 1.165) is 16.8 Å². The van der Waals surface area contributed by atoms with Crippen molar-refractivity contribution in [2.45, 2.75) is 20.8 Å². The molecule has 0 unspecified atom stereocenters. The number of hydrogen-bond acceptors (Lipinski definition) is 3. The summed E-state index contributed by atoms with van der Waals surface area (Å²) in [5, 5.41) is 7.71. The summed E-state index contributed by atoms with van der Waals surface area (Å²) in [6, 6.07) is 15.3. The minimum Gasteiger partial charge on any atom is -0.345 e. The predicted molar refractivity (Wildman–Crippen MR) is 110 cm³/mol. The Bertz CT molecular complexity index is 1230. The van der Waals surface area contributed by atoms with Crippen LogP contribution in [0.3, 0.4) is 0 Å². The van der Waals surface area contributed by atoms with E-state index in [0.29, 0.717) is 22.4 Å². The zero-order valence-electron chi connectivity index (χ0n) is 15.9. The summed E-state index contributed by atoms with van der Waals surface area (Å²) in [6.07, 6.45) is 1.45. The van der Waals surface area contributed by atoms with Gasteiger partial charge < -0.3 is 10.3 Å².